The van der Waals surface area contributed by atoms with Gasteiger partial charge in [-0.2, -0.15) is 0 Å². The van der Waals surface area contributed by atoms with Crippen molar-refractivity contribution in [2.24, 2.45) is 0 Å². The number of amides is 1. The number of benzene rings is 2. The third-order valence-corrected chi connectivity index (χ3v) is 4.36. The van der Waals surface area contributed by atoms with Crippen molar-refractivity contribution in [3.05, 3.63) is 63.9 Å². The number of carbonyl (C=O) groups excluding carboxylic acids is 2. The first-order chi connectivity index (χ1) is 12.4. The zero-order valence-corrected chi connectivity index (χ0v) is 15.4. The molecule has 1 aromatic heterocycles. The summed E-state index contributed by atoms with van der Waals surface area (Å²) < 4.78 is 10.6. The molecule has 6 heteroatoms. The molecule has 26 heavy (non-hydrogen) atoms. The lowest BCUT2D eigenvalue weighted by Crippen LogP contribution is -2.21. The summed E-state index contributed by atoms with van der Waals surface area (Å²) in [4.78, 5) is 24.4. The van der Waals surface area contributed by atoms with Crippen LogP contribution < -0.4 is 5.32 Å². The average molecular weight is 372 g/mol. The largest absolute Gasteiger partial charge is 0.450 e. The minimum atomic E-state index is -0.680. The van der Waals surface area contributed by atoms with E-state index in [0.717, 1.165) is 16.5 Å². The van der Waals surface area contributed by atoms with Crippen molar-refractivity contribution in [2.75, 3.05) is 11.9 Å². The summed E-state index contributed by atoms with van der Waals surface area (Å²) in [5.41, 5.74) is 3.63. The van der Waals surface area contributed by atoms with Gasteiger partial charge in [-0.25, -0.2) is 4.79 Å². The van der Waals surface area contributed by atoms with Gasteiger partial charge >= 0.3 is 5.97 Å². The van der Waals surface area contributed by atoms with Crippen LogP contribution in [0, 0.1) is 20.8 Å². The third kappa shape index (κ3) is 3.58. The average Bonchev–Trinajstić information content (AvgIpc) is 2.93. The highest BCUT2D eigenvalue weighted by Gasteiger charge is 2.20. The topological polar surface area (TPSA) is 68.5 Å². The molecule has 1 N–H and O–H groups in total. The first-order valence-corrected chi connectivity index (χ1v) is 8.46. The van der Waals surface area contributed by atoms with Crippen LogP contribution in [0.15, 0.2) is 40.8 Å². The molecule has 5 nitrogen and oxygen atoms in total. The second-order valence-electron chi connectivity index (χ2n) is 6.12. The number of nitrogens with one attached hydrogen (secondary N) is 1. The van der Waals surface area contributed by atoms with Crippen molar-refractivity contribution in [1.29, 1.82) is 0 Å². The van der Waals surface area contributed by atoms with Crippen LogP contribution in [0.1, 0.15) is 27.2 Å². The zero-order chi connectivity index (χ0) is 18.8. The van der Waals surface area contributed by atoms with Crippen molar-refractivity contribution < 1.29 is 18.7 Å². The predicted molar refractivity (Wildman–Crippen MR) is 101 cm³/mol. The maximum absolute atomic E-state index is 12.2. The molecule has 0 aliphatic heterocycles. The van der Waals surface area contributed by atoms with Gasteiger partial charge in [0.15, 0.2) is 6.61 Å². The lowest BCUT2D eigenvalue weighted by molar-refractivity contribution is -0.119. The molecule has 0 radical (unpaired) electrons. The van der Waals surface area contributed by atoms with Crippen LogP contribution in [0.25, 0.3) is 11.0 Å². The van der Waals surface area contributed by atoms with E-state index in [-0.39, 0.29) is 5.76 Å². The molecule has 0 aliphatic rings. The van der Waals surface area contributed by atoms with Gasteiger partial charge < -0.3 is 14.5 Å². The second kappa shape index (κ2) is 7.22. The molecule has 0 atom stereocenters. The number of para-hydroxylation sites is 1. The van der Waals surface area contributed by atoms with Gasteiger partial charge in [0.25, 0.3) is 5.91 Å². The quantitative estimate of drug-likeness (QED) is 0.668. The summed E-state index contributed by atoms with van der Waals surface area (Å²) in [5, 5.41) is 3.95. The predicted octanol–water partition coefficient (Wildman–Crippen LogP) is 4.81. The maximum atomic E-state index is 12.2. The molecule has 0 saturated heterocycles. The van der Waals surface area contributed by atoms with Gasteiger partial charge in [0.05, 0.1) is 10.7 Å². The van der Waals surface area contributed by atoms with Crippen LogP contribution in [0.3, 0.4) is 0 Å². The Morgan fingerprint density at radius 2 is 1.88 bits per heavy atom. The Kier molecular flexibility index (Phi) is 5.00. The molecule has 3 rings (SSSR count). The van der Waals surface area contributed by atoms with E-state index in [4.69, 9.17) is 20.8 Å². The van der Waals surface area contributed by atoms with Gasteiger partial charge in [0.1, 0.15) is 5.58 Å². The van der Waals surface area contributed by atoms with Crippen molar-refractivity contribution in [2.45, 2.75) is 20.8 Å². The number of hydrogen-bond donors (Lipinski definition) is 1. The van der Waals surface area contributed by atoms with Gasteiger partial charge in [0.2, 0.25) is 5.76 Å². The van der Waals surface area contributed by atoms with E-state index in [2.05, 4.69) is 5.32 Å². The number of hydrogen-bond acceptors (Lipinski definition) is 4. The highest BCUT2D eigenvalue weighted by Crippen LogP contribution is 2.28. The van der Waals surface area contributed by atoms with Crippen LogP contribution in [0.2, 0.25) is 5.02 Å². The normalized spacial score (nSPS) is 10.8. The number of anilines is 1. The van der Waals surface area contributed by atoms with Crippen LogP contribution in [-0.2, 0) is 9.53 Å². The Bertz CT molecular complexity index is 983. The second-order valence-corrected chi connectivity index (χ2v) is 6.52. The number of ether oxygens (including phenoxy) is 1. The van der Waals surface area contributed by atoms with Gasteiger partial charge in [-0.3, -0.25) is 4.79 Å². The molecule has 1 heterocycles. The monoisotopic (exact) mass is 371 g/mol. The van der Waals surface area contributed by atoms with Crippen LogP contribution in [0.4, 0.5) is 5.69 Å². The number of halogens is 1. The number of rotatable bonds is 4. The Labute approximate surface area is 155 Å². The van der Waals surface area contributed by atoms with Crippen molar-refractivity contribution in [3.8, 4) is 0 Å². The van der Waals surface area contributed by atoms with E-state index in [1.165, 1.54) is 0 Å². The minimum Gasteiger partial charge on any atom is -0.450 e. The number of fused-ring (bicyclic) bond motifs is 1. The van der Waals surface area contributed by atoms with Gasteiger partial charge in [-0.05, 0) is 44.0 Å². The fourth-order valence-electron chi connectivity index (χ4n) is 2.82. The number of aryl methyl sites for hydroxylation is 3. The fraction of sp³-hybridized carbons (Fsp3) is 0.200. The van der Waals surface area contributed by atoms with E-state index < -0.39 is 18.5 Å². The summed E-state index contributed by atoms with van der Waals surface area (Å²) in [6.45, 7) is 5.11. The Hall–Kier alpha value is -2.79. The molecule has 0 spiro atoms. The lowest BCUT2D eigenvalue weighted by atomic mass is 10.1. The SMILES string of the molecule is Cc1cc(C)c(NC(=O)COC(=O)c2oc3ccccc3c2C)c(Cl)c1. The number of carbonyl (C=O) groups is 2. The molecule has 2 aromatic carbocycles. The first-order valence-electron chi connectivity index (χ1n) is 8.08. The van der Waals surface area contributed by atoms with Crippen LogP contribution in [0.5, 0.6) is 0 Å². The first kappa shape index (κ1) is 18.0. The summed E-state index contributed by atoms with van der Waals surface area (Å²) in [6.07, 6.45) is 0. The molecule has 0 unspecified atom stereocenters. The smallest absolute Gasteiger partial charge is 0.375 e. The third-order valence-electron chi connectivity index (χ3n) is 4.06. The van der Waals surface area contributed by atoms with Crippen LogP contribution >= 0.6 is 11.6 Å². The molecule has 0 aliphatic carbocycles. The highest BCUT2D eigenvalue weighted by molar-refractivity contribution is 6.34. The molecule has 0 fully saturated rings. The molecular weight excluding hydrogens is 354 g/mol. The molecule has 3 aromatic rings. The van der Waals surface area contributed by atoms with E-state index in [0.29, 0.717) is 21.9 Å². The molecule has 1 amide bonds. The van der Waals surface area contributed by atoms with E-state index >= 15 is 0 Å². The maximum Gasteiger partial charge on any atom is 0.375 e. The Morgan fingerprint density at radius 1 is 1.15 bits per heavy atom. The number of furan rings is 1. The zero-order valence-electron chi connectivity index (χ0n) is 14.7. The fourth-order valence-corrected chi connectivity index (χ4v) is 3.18. The highest BCUT2D eigenvalue weighted by atomic mass is 35.5. The molecule has 134 valence electrons. The minimum absolute atomic E-state index is 0.101. The molecular formula is C20H18ClNO4. The summed E-state index contributed by atoms with van der Waals surface area (Å²) in [5.74, 6) is -1.05. The molecule has 0 saturated carbocycles. The standard InChI is InChI=1S/C20H18ClNO4/c1-11-8-12(2)18(15(21)9-11)22-17(23)10-25-20(24)19-13(3)14-6-4-5-7-16(14)26-19/h4-9H,10H2,1-3H3,(H,22,23). The van der Waals surface area contributed by atoms with Crippen LogP contribution in [-0.4, -0.2) is 18.5 Å². The van der Waals surface area contributed by atoms with Crippen molar-refractivity contribution >= 4 is 40.1 Å². The summed E-state index contributed by atoms with van der Waals surface area (Å²) in [6, 6.07) is 11.0. The van der Waals surface area contributed by atoms with E-state index in [1.54, 1.807) is 19.1 Å². The Balaban J connectivity index is 1.67. The van der Waals surface area contributed by atoms with Crippen molar-refractivity contribution in [1.82, 2.24) is 0 Å². The van der Waals surface area contributed by atoms with E-state index in [1.807, 2.05) is 38.1 Å². The number of esters is 1. The summed E-state index contributed by atoms with van der Waals surface area (Å²) in [7, 11) is 0. The van der Waals surface area contributed by atoms with E-state index in [9.17, 15) is 9.59 Å². The molecule has 0 bridgehead atoms. The van der Waals surface area contributed by atoms with Crippen molar-refractivity contribution in [3.63, 3.8) is 0 Å². The Morgan fingerprint density at radius 3 is 2.58 bits per heavy atom. The van der Waals surface area contributed by atoms with Gasteiger partial charge in [0, 0.05) is 10.9 Å². The van der Waals surface area contributed by atoms with Gasteiger partial charge in [-0.15, -0.1) is 0 Å². The lowest BCUT2D eigenvalue weighted by Gasteiger charge is -2.11. The van der Waals surface area contributed by atoms with Gasteiger partial charge in [-0.1, -0.05) is 35.9 Å². The summed E-state index contributed by atoms with van der Waals surface area (Å²) >= 11 is 6.17.